The number of pyridine rings is 1. The monoisotopic (exact) mass is 477 g/mol. The average Bonchev–Trinajstić information content (AvgIpc) is 3.33. The summed E-state index contributed by atoms with van der Waals surface area (Å²) in [5.74, 6) is 0.876. The summed E-state index contributed by atoms with van der Waals surface area (Å²) in [6.45, 7) is 16.1. The molecule has 2 aliphatic heterocycles. The molecule has 0 saturated carbocycles. The summed E-state index contributed by atoms with van der Waals surface area (Å²) in [5.41, 5.74) is 1.35. The Morgan fingerprint density at radius 1 is 1.27 bits per heavy atom. The highest BCUT2D eigenvalue weighted by Crippen LogP contribution is 2.55. The minimum atomic E-state index is -0.946. The number of ether oxygens (including phenoxy) is 2. The number of hydrogen-bond acceptors (Lipinski definition) is 7. The van der Waals surface area contributed by atoms with Gasteiger partial charge < -0.3 is 14.6 Å². The highest BCUT2D eigenvalue weighted by Gasteiger charge is 2.54. The van der Waals surface area contributed by atoms with Crippen LogP contribution in [0.25, 0.3) is 0 Å². The molecular formula is C24H36ClN5O3. The molecule has 8 nitrogen and oxygen atoms in total. The maximum atomic E-state index is 10.6. The molecule has 0 radical (unpaired) electrons. The smallest absolute Gasteiger partial charge is 0.216 e. The van der Waals surface area contributed by atoms with Crippen LogP contribution in [0.15, 0.2) is 12.4 Å². The van der Waals surface area contributed by atoms with Gasteiger partial charge in [-0.3, -0.25) is 9.88 Å². The topological polar surface area (TPSA) is 85.5 Å². The number of piperidine rings is 1. The van der Waals surface area contributed by atoms with Gasteiger partial charge in [-0.1, -0.05) is 11.6 Å². The maximum absolute atomic E-state index is 10.6. The Labute approximate surface area is 201 Å². The lowest BCUT2D eigenvalue weighted by Crippen LogP contribution is -2.50. The molecule has 0 aliphatic carbocycles. The Morgan fingerprint density at radius 2 is 1.94 bits per heavy atom. The summed E-state index contributed by atoms with van der Waals surface area (Å²) >= 11 is 6.54. The number of aryl methyl sites for hydroxylation is 2. The summed E-state index contributed by atoms with van der Waals surface area (Å²) in [5, 5.41) is 15.6. The molecule has 2 unspecified atom stereocenters. The highest BCUT2D eigenvalue weighted by atomic mass is 35.5. The van der Waals surface area contributed by atoms with Crippen molar-refractivity contribution in [3.63, 3.8) is 0 Å². The summed E-state index contributed by atoms with van der Waals surface area (Å²) in [6.07, 6.45) is 1.78. The second-order valence-electron chi connectivity index (χ2n) is 10.7. The lowest BCUT2D eigenvalue weighted by Gasteiger charge is -2.42. The number of aliphatic hydroxyl groups excluding tert-OH is 1. The Morgan fingerprint density at radius 3 is 2.55 bits per heavy atom. The fraction of sp³-hybridized carbons (Fsp3) is 0.708. The van der Waals surface area contributed by atoms with Crippen molar-refractivity contribution in [1.82, 2.24) is 24.6 Å². The van der Waals surface area contributed by atoms with Gasteiger partial charge in [0.05, 0.1) is 33.5 Å². The first-order chi connectivity index (χ1) is 15.4. The molecule has 2 aromatic rings. The van der Waals surface area contributed by atoms with Gasteiger partial charge in [-0.05, 0) is 67.4 Å². The zero-order chi connectivity index (χ0) is 24.2. The van der Waals surface area contributed by atoms with Crippen molar-refractivity contribution >= 4 is 11.6 Å². The number of nitrogens with zero attached hydrogens (tertiary/aromatic N) is 5. The molecule has 4 heterocycles. The molecule has 0 aromatic carbocycles. The molecule has 2 atom stereocenters. The predicted octanol–water partition coefficient (Wildman–Crippen LogP) is 4.09. The van der Waals surface area contributed by atoms with Crippen molar-refractivity contribution in [1.29, 1.82) is 0 Å². The molecule has 1 saturated heterocycles. The van der Waals surface area contributed by atoms with Crippen LogP contribution in [-0.2, 0) is 27.0 Å². The standard InChI is InChI=1S/C24H36ClN5O3/c1-8-30-20(26-14-27-30)23(6,7)19-16-13-17(25)15(2)28-18(16)24(32-19)9-11-29(12-10-24)21(31)33-22(3,4)5/h13-14,19,21,31H,8-12H2,1-7H3. The largest absolute Gasteiger partial charge is 0.360 e. The lowest BCUT2D eigenvalue weighted by atomic mass is 9.81. The van der Waals surface area contributed by atoms with Crippen molar-refractivity contribution in [2.24, 2.45) is 0 Å². The number of aromatic nitrogens is 4. The third kappa shape index (κ3) is 4.44. The van der Waals surface area contributed by atoms with Gasteiger partial charge in [0.1, 0.15) is 17.8 Å². The third-order valence-corrected chi connectivity index (χ3v) is 7.14. The van der Waals surface area contributed by atoms with Crippen LogP contribution in [0.4, 0.5) is 0 Å². The van der Waals surface area contributed by atoms with E-state index in [2.05, 4.69) is 30.9 Å². The summed E-state index contributed by atoms with van der Waals surface area (Å²) in [7, 11) is 0. The minimum absolute atomic E-state index is 0.269. The van der Waals surface area contributed by atoms with E-state index in [9.17, 15) is 5.11 Å². The van der Waals surface area contributed by atoms with Crippen molar-refractivity contribution in [2.75, 3.05) is 13.1 Å². The molecule has 33 heavy (non-hydrogen) atoms. The molecule has 0 bridgehead atoms. The fourth-order valence-corrected chi connectivity index (χ4v) is 5.16. The van der Waals surface area contributed by atoms with E-state index in [0.29, 0.717) is 31.0 Å². The number of aliphatic hydroxyl groups is 1. The highest BCUT2D eigenvalue weighted by molar-refractivity contribution is 6.31. The summed E-state index contributed by atoms with van der Waals surface area (Å²) in [4.78, 5) is 11.5. The molecule has 182 valence electrons. The number of hydrogen-bond donors (Lipinski definition) is 1. The van der Waals surface area contributed by atoms with E-state index < -0.39 is 23.0 Å². The molecule has 1 spiro atoms. The van der Waals surface area contributed by atoms with E-state index >= 15 is 0 Å². The van der Waals surface area contributed by atoms with Crippen LogP contribution >= 0.6 is 11.6 Å². The second-order valence-corrected chi connectivity index (χ2v) is 11.1. The van der Waals surface area contributed by atoms with E-state index in [1.165, 1.54) is 0 Å². The Hall–Kier alpha value is -1.58. The van der Waals surface area contributed by atoms with Gasteiger partial charge in [0.25, 0.3) is 0 Å². The quantitative estimate of drug-likeness (QED) is 0.649. The van der Waals surface area contributed by atoms with Gasteiger partial charge in [-0.25, -0.2) is 9.67 Å². The summed E-state index contributed by atoms with van der Waals surface area (Å²) < 4.78 is 14.6. The second kappa shape index (κ2) is 8.57. The van der Waals surface area contributed by atoms with E-state index in [0.717, 1.165) is 29.3 Å². The number of fused-ring (bicyclic) bond motifs is 2. The lowest BCUT2D eigenvalue weighted by molar-refractivity contribution is -0.253. The number of rotatable bonds is 5. The average molecular weight is 478 g/mol. The number of halogens is 1. The van der Waals surface area contributed by atoms with E-state index in [4.69, 9.17) is 26.1 Å². The van der Waals surface area contributed by atoms with E-state index in [1.54, 1.807) is 6.33 Å². The maximum Gasteiger partial charge on any atom is 0.216 e. The van der Waals surface area contributed by atoms with Crippen LogP contribution in [0, 0.1) is 6.92 Å². The van der Waals surface area contributed by atoms with Crippen LogP contribution in [-0.4, -0.2) is 54.9 Å². The van der Waals surface area contributed by atoms with E-state index in [-0.39, 0.29) is 6.10 Å². The fourth-order valence-electron chi connectivity index (χ4n) is 5.00. The van der Waals surface area contributed by atoms with Gasteiger partial charge in [0.15, 0.2) is 0 Å². The first-order valence-corrected chi connectivity index (χ1v) is 12.1. The van der Waals surface area contributed by atoms with Crippen molar-refractivity contribution in [3.8, 4) is 0 Å². The Balaban J connectivity index is 1.67. The van der Waals surface area contributed by atoms with Crippen LogP contribution in [0.1, 0.15) is 83.3 Å². The molecule has 0 amide bonds. The van der Waals surface area contributed by atoms with Gasteiger partial charge in [-0.15, -0.1) is 0 Å². The molecule has 1 fully saturated rings. The van der Waals surface area contributed by atoms with Gasteiger partial charge in [-0.2, -0.15) is 5.10 Å². The molecule has 4 rings (SSSR count). The molecular weight excluding hydrogens is 442 g/mol. The Kier molecular flexibility index (Phi) is 6.38. The van der Waals surface area contributed by atoms with Crippen molar-refractivity contribution < 1.29 is 14.6 Å². The molecule has 9 heteroatoms. The van der Waals surface area contributed by atoms with Gasteiger partial charge in [0, 0.05) is 25.2 Å². The van der Waals surface area contributed by atoms with Crippen LogP contribution in [0.5, 0.6) is 0 Å². The molecule has 2 aliphatic rings. The van der Waals surface area contributed by atoms with Crippen LogP contribution < -0.4 is 0 Å². The normalized spacial score (nSPS) is 22.0. The molecule has 2 aromatic heterocycles. The minimum Gasteiger partial charge on any atom is -0.360 e. The van der Waals surface area contributed by atoms with E-state index in [1.807, 2.05) is 43.3 Å². The SMILES string of the molecule is CCn1ncnc1C(C)(C)C1OC2(CCN(C(O)OC(C)(C)C)CC2)c2nc(C)c(Cl)cc21. The first-order valence-electron chi connectivity index (χ1n) is 11.7. The zero-order valence-corrected chi connectivity index (χ0v) is 21.5. The third-order valence-electron chi connectivity index (χ3n) is 6.76. The first kappa shape index (κ1) is 24.5. The zero-order valence-electron chi connectivity index (χ0n) is 20.7. The van der Waals surface area contributed by atoms with Gasteiger partial charge in [0.2, 0.25) is 6.41 Å². The van der Waals surface area contributed by atoms with Gasteiger partial charge >= 0.3 is 0 Å². The predicted molar refractivity (Wildman–Crippen MR) is 126 cm³/mol. The van der Waals surface area contributed by atoms with Crippen LogP contribution in [0.3, 0.4) is 0 Å². The van der Waals surface area contributed by atoms with Crippen molar-refractivity contribution in [3.05, 3.63) is 40.2 Å². The number of likely N-dealkylation sites (tertiary alicyclic amines) is 1. The van der Waals surface area contributed by atoms with Crippen LogP contribution in [0.2, 0.25) is 5.02 Å². The van der Waals surface area contributed by atoms with Crippen molar-refractivity contribution in [2.45, 2.75) is 97.0 Å². The molecule has 1 N–H and O–H groups in total. The Bertz CT molecular complexity index is 1010. The summed E-state index contributed by atoms with van der Waals surface area (Å²) in [6, 6.07) is 2.01.